The van der Waals surface area contributed by atoms with E-state index in [9.17, 15) is 9.90 Å². The highest BCUT2D eigenvalue weighted by atomic mass is 16.5. The standard InChI is InChI=1S/C10H20N2O3/c1-6-3-8(4-7(2)15-6)12-5-9(13)10(11)14/h6-9,12-13H,3-5H2,1-2H3,(H2,11,14). The lowest BCUT2D eigenvalue weighted by atomic mass is 10.00. The number of nitrogens with one attached hydrogen (secondary N) is 1. The molecule has 0 aromatic heterocycles. The summed E-state index contributed by atoms with van der Waals surface area (Å²) in [5.74, 6) is -0.685. The Morgan fingerprint density at radius 1 is 1.53 bits per heavy atom. The largest absolute Gasteiger partial charge is 0.382 e. The van der Waals surface area contributed by atoms with Gasteiger partial charge in [-0.25, -0.2) is 0 Å². The molecule has 88 valence electrons. The molecule has 0 aliphatic carbocycles. The number of hydrogen-bond acceptors (Lipinski definition) is 4. The molecule has 4 N–H and O–H groups in total. The summed E-state index contributed by atoms with van der Waals surface area (Å²) in [6.07, 6.45) is 1.14. The van der Waals surface area contributed by atoms with Crippen LogP contribution in [0.25, 0.3) is 0 Å². The Morgan fingerprint density at radius 2 is 2.07 bits per heavy atom. The molecular weight excluding hydrogens is 196 g/mol. The van der Waals surface area contributed by atoms with Crippen molar-refractivity contribution in [3.63, 3.8) is 0 Å². The zero-order valence-corrected chi connectivity index (χ0v) is 9.27. The molecule has 0 saturated carbocycles. The molecule has 3 unspecified atom stereocenters. The van der Waals surface area contributed by atoms with E-state index in [4.69, 9.17) is 10.5 Å². The maximum atomic E-state index is 10.6. The first-order valence-electron chi connectivity index (χ1n) is 5.35. The minimum Gasteiger partial charge on any atom is -0.382 e. The second-order valence-electron chi connectivity index (χ2n) is 4.25. The highest BCUT2D eigenvalue weighted by Gasteiger charge is 2.24. The summed E-state index contributed by atoms with van der Waals surface area (Å²) in [5.41, 5.74) is 4.95. The summed E-state index contributed by atoms with van der Waals surface area (Å²) >= 11 is 0. The van der Waals surface area contributed by atoms with E-state index >= 15 is 0 Å². The first kappa shape index (κ1) is 12.4. The Hall–Kier alpha value is -0.650. The molecule has 15 heavy (non-hydrogen) atoms. The van der Waals surface area contributed by atoms with Crippen LogP contribution in [0.15, 0.2) is 0 Å². The number of rotatable bonds is 4. The quantitative estimate of drug-likeness (QED) is 0.584. The lowest BCUT2D eigenvalue weighted by molar-refractivity contribution is -0.125. The third kappa shape index (κ3) is 4.15. The van der Waals surface area contributed by atoms with Gasteiger partial charge in [-0.2, -0.15) is 0 Å². The van der Waals surface area contributed by atoms with E-state index in [0.29, 0.717) is 0 Å². The second-order valence-corrected chi connectivity index (χ2v) is 4.25. The van der Waals surface area contributed by atoms with Crippen LogP contribution in [0.1, 0.15) is 26.7 Å². The van der Waals surface area contributed by atoms with Crippen molar-refractivity contribution >= 4 is 5.91 Å². The van der Waals surface area contributed by atoms with Gasteiger partial charge in [-0.05, 0) is 26.7 Å². The molecule has 1 aliphatic rings. The van der Waals surface area contributed by atoms with E-state index in [0.717, 1.165) is 12.8 Å². The van der Waals surface area contributed by atoms with Crippen LogP contribution in [-0.4, -0.2) is 41.9 Å². The van der Waals surface area contributed by atoms with E-state index in [1.165, 1.54) is 0 Å². The number of carbonyl (C=O) groups is 1. The first-order chi connectivity index (χ1) is 6.99. The maximum absolute atomic E-state index is 10.6. The Kier molecular flexibility index (Phi) is 4.50. The zero-order chi connectivity index (χ0) is 11.4. The number of hydrogen-bond donors (Lipinski definition) is 3. The molecule has 1 heterocycles. The minimum absolute atomic E-state index is 0.219. The Bertz CT molecular complexity index is 213. The van der Waals surface area contributed by atoms with Gasteiger partial charge < -0.3 is 20.9 Å². The van der Waals surface area contributed by atoms with Gasteiger partial charge in [-0.15, -0.1) is 0 Å². The van der Waals surface area contributed by atoms with Gasteiger partial charge in [0.15, 0.2) is 0 Å². The Morgan fingerprint density at radius 3 is 2.53 bits per heavy atom. The predicted molar refractivity (Wildman–Crippen MR) is 56.2 cm³/mol. The molecule has 5 heteroatoms. The number of primary amides is 1. The van der Waals surface area contributed by atoms with Gasteiger partial charge in [-0.1, -0.05) is 0 Å². The smallest absolute Gasteiger partial charge is 0.247 e. The van der Waals surface area contributed by atoms with Crippen molar-refractivity contribution in [2.24, 2.45) is 5.73 Å². The van der Waals surface area contributed by atoms with Gasteiger partial charge in [0.05, 0.1) is 12.2 Å². The van der Waals surface area contributed by atoms with E-state index < -0.39 is 12.0 Å². The van der Waals surface area contributed by atoms with Gasteiger partial charge in [-0.3, -0.25) is 4.79 Å². The number of aliphatic hydroxyl groups excluding tert-OH is 1. The van der Waals surface area contributed by atoms with Crippen LogP contribution >= 0.6 is 0 Å². The molecule has 0 aromatic rings. The molecule has 5 nitrogen and oxygen atoms in total. The summed E-state index contributed by atoms with van der Waals surface area (Å²) in [6.45, 7) is 4.27. The molecule has 0 bridgehead atoms. The molecule has 1 saturated heterocycles. The fourth-order valence-corrected chi connectivity index (χ4v) is 1.95. The normalized spacial score (nSPS) is 33.7. The summed E-state index contributed by atoms with van der Waals surface area (Å²) in [6, 6.07) is 0.290. The Balaban J connectivity index is 2.29. The molecule has 0 spiro atoms. The Labute approximate surface area is 90.0 Å². The second kappa shape index (κ2) is 5.44. The van der Waals surface area contributed by atoms with Gasteiger partial charge in [0, 0.05) is 12.6 Å². The number of ether oxygens (including phenoxy) is 1. The number of amides is 1. The van der Waals surface area contributed by atoms with Crippen molar-refractivity contribution in [1.82, 2.24) is 5.32 Å². The summed E-state index contributed by atoms with van der Waals surface area (Å²) in [7, 11) is 0. The molecule has 1 aliphatic heterocycles. The van der Waals surface area contributed by atoms with E-state index in [1.54, 1.807) is 0 Å². The number of carbonyl (C=O) groups excluding carboxylic acids is 1. The van der Waals surface area contributed by atoms with Crippen LogP contribution in [-0.2, 0) is 9.53 Å². The van der Waals surface area contributed by atoms with E-state index in [1.807, 2.05) is 13.8 Å². The molecule has 1 rings (SSSR count). The van der Waals surface area contributed by atoms with Crippen molar-refractivity contribution in [1.29, 1.82) is 0 Å². The van der Waals surface area contributed by atoms with Crippen LogP contribution in [0.2, 0.25) is 0 Å². The van der Waals surface area contributed by atoms with E-state index in [2.05, 4.69) is 5.32 Å². The van der Waals surface area contributed by atoms with Crippen LogP contribution in [0.4, 0.5) is 0 Å². The zero-order valence-electron chi connectivity index (χ0n) is 9.27. The van der Waals surface area contributed by atoms with Crippen molar-refractivity contribution in [3.05, 3.63) is 0 Å². The van der Waals surface area contributed by atoms with Crippen molar-refractivity contribution in [3.8, 4) is 0 Å². The molecule has 3 atom stereocenters. The first-order valence-corrected chi connectivity index (χ1v) is 5.35. The summed E-state index contributed by atoms with van der Waals surface area (Å²) in [4.78, 5) is 10.6. The maximum Gasteiger partial charge on any atom is 0.247 e. The van der Waals surface area contributed by atoms with Gasteiger partial charge in [0.25, 0.3) is 0 Å². The lowest BCUT2D eigenvalue weighted by Gasteiger charge is -2.32. The summed E-state index contributed by atoms with van der Waals surface area (Å²) in [5, 5.41) is 12.4. The van der Waals surface area contributed by atoms with Crippen LogP contribution in [0.5, 0.6) is 0 Å². The highest BCUT2D eigenvalue weighted by molar-refractivity contribution is 5.78. The highest BCUT2D eigenvalue weighted by Crippen LogP contribution is 2.18. The fraction of sp³-hybridized carbons (Fsp3) is 0.900. The average Bonchev–Trinajstić information content (AvgIpc) is 2.12. The van der Waals surface area contributed by atoms with Gasteiger partial charge in [0.1, 0.15) is 6.10 Å². The van der Waals surface area contributed by atoms with Crippen molar-refractivity contribution in [2.75, 3.05) is 6.54 Å². The predicted octanol–water partition coefficient (Wildman–Crippen LogP) is -0.622. The third-order valence-electron chi connectivity index (χ3n) is 2.63. The SMILES string of the molecule is CC1CC(NCC(O)C(N)=O)CC(C)O1. The number of nitrogens with two attached hydrogens (primary N) is 1. The fourth-order valence-electron chi connectivity index (χ4n) is 1.95. The van der Waals surface area contributed by atoms with Crippen LogP contribution in [0, 0.1) is 0 Å². The molecule has 1 fully saturated rings. The molecule has 1 amide bonds. The van der Waals surface area contributed by atoms with E-state index in [-0.39, 0.29) is 24.8 Å². The van der Waals surface area contributed by atoms with Crippen LogP contribution in [0.3, 0.4) is 0 Å². The van der Waals surface area contributed by atoms with Crippen LogP contribution < -0.4 is 11.1 Å². The lowest BCUT2D eigenvalue weighted by Crippen LogP contribution is -2.46. The molecular formula is C10H20N2O3. The number of aliphatic hydroxyl groups is 1. The molecule has 0 radical (unpaired) electrons. The average molecular weight is 216 g/mol. The third-order valence-corrected chi connectivity index (χ3v) is 2.63. The monoisotopic (exact) mass is 216 g/mol. The minimum atomic E-state index is -1.10. The molecule has 0 aromatic carbocycles. The van der Waals surface area contributed by atoms with Crippen molar-refractivity contribution < 1.29 is 14.6 Å². The topological polar surface area (TPSA) is 84.6 Å². The van der Waals surface area contributed by atoms with Gasteiger partial charge >= 0.3 is 0 Å². The summed E-state index contributed by atoms with van der Waals surface area (Å²) < 4.78 is 5.58. The van der Waals surface area contributed by atoms with Crippen molar-refractivity contribution in [2.45, 2.75) is 51.0 Å². The van der Waals surface area contributed by atoms with Gasteiger partial charge in [0.2, 0.25) is 5.91 Å².